The van der Waals surface area contributed by atoms with E-state index in [1.165, 1.54) is 36.0 Å². The molecule has 0 saturated carbocycles. The topological polar surface area (TPSA) is 26.0 Å². The molecule has 0 saturated heterocycles. The number of aryl methyl sites for hydroxylation is 2. The van der Waals surface area contributed by atoms with Crippen LogP contribution >= 0.6 is 0 Å². The van der Waals surface area contributed by atoms with Crippen LogP contribution in [0.2, 0.25) is 0 Å². The molecule has 2 aromatic carbocycles. The smallest absolute Gasteiger partial charge is 0.0316 e. The molecule has 4 rings (SSSR count). The van der Waals surface area contributed by atoms with Crippen LogP contribution in [0.3, 0.4) is 0 Å². The van der Waals surface area contributed by atoms with E-state index in [0.29, 0.717) is 11.3 Å². The van der Waals surface area contributed by atoms with Gasteiger partial charge in [-0.2, -0.15) is 0 Å². The second kappa shape index (κ2) is 3.88. The first-order valence-electron chi connectivity index (χ1n) is 7.54. The van der Waals surface area contributed by atoms with E-state index >= 15 is 0 Å². The number of fused-ring (bicyclic) bond motifs is 5. The third-order valence-corrected chi connectivity index (χ3v) is 5.34. The zero-order valence-electron chi connectivity index (χ0n) is 12.2. The maximum atomic E-state index is 5.97. The highest BCUT2D eigenvalue weighted by Crippen LogP contribution is 2.56. The molecule has 1 heteroatoms. The Labute approximate surface area is 120 Å². The summed E-state index contributed by atoms with van der Waals surface area (Å²) in [4.78, 5) is 0. The van der Waals surface area contributed by atoms with Gasteiger partial charge in [0.15, 0.2) is 0 Å². The molecule has 0 heterocycles. The third-order valence-electron chi connectivity index (χ3n) is 5.34. The van der Waals surface area contributed by atoms with Crippen molar-refractivity contribution >= 4 is 5.69 Å². The first-order valence-corrected chi connectivity index (χ1v) is 7.54. The predicted molar refractivity (Wildman–Crippen MR) is 84.0 cm³/mol. The largest absolute Gasteiger partial charge is 0.399 e. The van der Waals surface area contributed by atoms with Crippen molar-refractivity contribution in [3.8, 4) is 0 Å². The zero-order chi connectivity index (χ0) is 13.9. The van der Waals surface area contributed by atoms with E-state index in [9.17, 15) is 0 Å². The maximum absolute atomic E-state index is 5.97. The Morgan fingerprint density at radius 1 is 1.05 bits per heavy atom. The first kappa shape index (κ1) is 12.0. The lowest BCUT2D eigenvalue weighted by Crippen LogP contribution is -2.29. The fourth-order valence-electron chi connectivity index (χ4n) is 4.40. The minimum atomic E-state index is 0.388. The van der Waals surface area contributed by atoms with Gasteiger partial charge >= 0.3 is 0 Å². The number of anilines is 1. The highest BCUT2D eigenvalue weighted by molar-refractivity contribution is 5.54. The van der Waals surface area contributed by atoms with E-state index in [2.05, 4.69) is 50.2 Å². The van der Waals surface area contributed by atoms with Gasteiger partial charge in [-0.1, -0.05) is 36.8 Å². The summed E-state index contributed by atoms with van der Waals surface area (Å²) < 4.78 is 0. The highest BCUT2D eigenvalue weighted by Gasteiger charge is 2.45. The summed E-state index contributed by atoms with van der Waals surface area (Å²) in [6.45, 7) is 4.66. The van der Waals surface area contributed by atoms with Crippen molar-refractivity contribution < 1.29 is 0 Å². The number of hydrogen-bond donors (Lipinski definition) is 1. The van der Waals surface area contributed by atoms with E-state index in [4.69, 9.17) is 5.73 Å². The Hall–Kier alpha value is -1.76. The van der Waals surface area contributed by atoms with Crippen LogP contribution < -0.4 is 5.73 Å². The second-order valence-electron chi connectivity index (χ2n) is 6.92. The zero-order valence-corrected chi connectivity index (χ0v) is 12.2. The fraction of sp³-hybridized carbons (Fsp3) is 0.368. The molecule has 1 nitrogen and oxygen atoms in total. The van der Waals surface area contributed by atoms with E-state index in [0.717, 1.165) is 5.69 Å². The number of nitrogen functional groups attached to an aromatic ring is 1. The molecule has 0 bridgehead atoms. The van der Waals surface area contributed by atoms with Crippen LogP contribution in [0.15, 0.2) is 36.4 Å². The van der Waals surface area contributed by atoms with E-state index < -0.39 is 0 Å². The van der Waals surface area contributed by atoms with Gasteiger partial charge in [0.25, 0.3) is 0 Å². The Balaban J connectivity index is 1.93. The molecule has 0 radical (unpaired) electrons. The third kappa shape index (κ3) is 1.56. The van der Waals surface area contributed by atoms with E-state index in [-0.39, 0.29) is 0 Å². The van der Waals surface area contributed by atoms with Crippen molar-refractivity contribution in [3.63, 3.8) is 0 Å². The molecular weight excluding hydrogens is 242 g/mol. The van der Waals surface area contributed by atoms with Crippen molar-refractivity contribution in [2.24, 2.45) is 5.41 Å². The van der Waals surface area contributed by atoms with Crippen molar-refractivity contribution in [2.75, 3.05) is 5.73 Å². The van der Waals surface area contributed by atoms with Crippen molar-refractivity contribution in [1.29, 1.82) is 0 Å². The first-order chi connectivity index (χ1) is 9.57. The van der Waals surface area contributed by atoms with Gasteiger partial charge in [0.05, 0.1) is 0 Å². The van der Waals surface area contributed by atoms with Crippen LogP contribution in [0, 0.1) is 12.3 Å². The molecule has 0 fully saturated rings. The van der Waals surface area contributed by atoms with Gasteiger partial charge in [-0.05, 0) is 66.0 Å². The molecule has 0 spiro atoms. The molecule has 2 aliphatic rings. The molecule has 0 aliphatic heterocycles. The molecule has 0 aromatic heterocycles. The average molecular weight is 263 g/mol. The standard InChI is InChI=1S/C19H21N/c1-12-3-5-17-14(9-12)11-19(2)8-7-13-10-15(20)4-6-16(13)18(17)19/h3-6,9-10,18H,7-8,11,20H2,1-2H3. The lowest BCUT2D eigenvalue weighted by molar-refractivity contribution is 0.264. The molecule has 2 unspecified atom stereocenters. The molecule has 102 valence electrons. The quantitative estimate of drug-likeness (QED) is 0.708. The summed E-state index contributed by atoms with van der Waals surface area (Å²) in [6.07, 6.45) is 3.65. The summed E-state index contributed by atoms with van der Waals surface area (Å²) >= 11 is 0. The van der Waals surface area contributed by atoms with Crippen LogP contribution in [-0.2, 0) is 12.8 Å². The van der Waals surface area contributed by atoms with Gasteiger partial charge < -0.3 is 5.73 Å². The van der Waals surface area contributed by atoms with Gasteiger partial charge in [-0.25, -0.2) is 0 Å². The van der Waals surface area contributed by atoms with Crippen LogP contribution in [0.25, 0.3) is 0 Å². The number of nitrogens with two attached hydrogens (primary N) is 1. The molecule has 20 heavy (non-hydrogen) atoms. The molecule has 2 atom stereocenters. The highest BCUT2D eigenvalue weighted by atomic mass is 14.6. The Kier molecular flexibility index (Phi) is 2.33. The lowest BCUT2D eigenvalue weighted by atomic mass is 9.65. The molecular formula is C19H21N. The summed E-state index contributed by atoms with van der Waals surface area (Å²) in [5.74, 6) is 0.558. The molecule has 2 aliphatic carbocycles. The summed E-state index contributed by atoms with van der Waals surface area (Å²) in [6, 6.07) is 13.5. The van der Waals surface area contributed by atoms with Gasteiger partial charge in [-0.3, -0.25) is 0 Å². The fourth-order valence-corrected chi connectivity index (χ4v) is 4.40. The minimum Gasteiger partial charge on any atom is -0.399 e. The van der Waals surface area contributed by atoms with Gasteiger partial charge in [0.2, 0.25) is 0 Å². The second-order valence-corrected chi connectivity index (χ2v) is 6.92. The van der Waals surface area contributed by atoms with Crippen LogP contribution in [0.5, 0.6) is 0 Å². The van der Waals surface area contributed by atoms with Crippen LogP contribution in [0.4, 0.5) is 5.69 Å². The molecule has 2 N–H and O–H groups in total. The van der Waals surface area contributed by atoms with Crippen LogP contribution in [-0.4, -0.2) is 0 Å². The minimum absolute atomic E-state index is 0.388. The molecule has 2 aromatic rings. The monoisotopic (exact) mass is 263 g/mol. The lowest BCUT2D eigenvalue weighted by Gasteiger charge is -2.38. The van der Waals surface area contributed by atoms with E-state index in [1.807, 2.05) is 0 Å². The number of hydrogen-bond acceptors (Lipinski definition) is 1. The van der Waals surface area contributed by atoms with E-state index in [1.54, 1.807) is 11.1 Å². The van der Waals surface area contributed by atoms with Gasteiger partial charge in [0, 0.05) is 11.6 Å². The van der Waals surface area contributed by atoms with Crippen LogP contribution in [0.1, 0.15) is 47.1 Å². The summed E-state index contributed by atoms with van der Waals surface area (Å²) in [5, 5.41) is 0. The molecule has 0 amide bonds. The average Bonchev–Trinajstić information content (AvgIpc) is 2.70. The summed E-state index contributed by atoms with van der Waals surface area (Å²) in [5.41, 5.74) is 14.7. The van der Waals surface area contributed by atoms with Crippen molar-refractivity contribution in [3.05, 3.63) is 64.2 Å². The number of rotatable bonds is 0. The van der Waals surface area contributed by atoms with Gasteiger partial charge in [0.1, 0.15) is 0 Å². The normalized spacial score (nSPS) is 26.8. The summed E-state index contributed by atoms with van der Waals surface area (Å²) in [7, 11) is 0. The van der Waals surface area contributed by atoms with Crippen molar-refractivity contribution in [1.82, 2.24) is 0 Å². The Bertz CT molecular complexity index is 701. The van der Waals surface area contributed by atoms with Gasteiger partial charge in [-0.15, -0.1) is 0 Å². The Morgan fingerprint density at radius 2 is 1.80 bits per heavy atom. The van der Waals surface area contributed by atoms with Crippen molar-refractivity contribution in [2.45, 2.75) is 39.0 Å². The Morgan fingerprint density at radius 3 is 2.65 bits per heavy atom. The number of benzene rings is 2. The maximum Gasteiger partial charge on any atom is 0.0316 e. The SMILES string of the molecule is Cc1ccc2c(c1)CC1(C)CCc3cc(N)ccc3C21. The predicted octanol–water partition coefficient (Wildman–Crippen LogP) is 4.22.